The highest BCUT2D eigenvalue weighted by Crippen LogP contribution is 2.27. The summed E-state index contributed by atoms with van der Waals surface area (Å²) in [6.07, 6.45) is 3.39. The first-order valence-corrected chi connectivity index (χ1v) is 4.56. The minimum atomic E-state index is -2.20. The van der Waals surface area contributed by atoms with Crippen LogP contribution in [0.15, 0.2) is 0 Å². The lowest BCUT2D eigenvalue weighted by atomic mass is 10.2. The molecule has 1 aliphatic heterocycles. The van der Waals surface area contributed by atoms with E-state index in [1.807, 2.05) is 0 Å². The van der Waals surface area contributed by atoms with E-state index in [2.05, 4.69) is 0 Å². The van der Waals surface area contributed by atoms with Crippen LogP contribution in [0.25, 0.3) is 0 Å². The first-order chi connectivity index (χ1) is 4.79. The summed E-state index contributed by atoms with van der Waals surface area (Å²) < 4.78 is 4.70. The van der Waals surface area contributed by atoms with Gasteiger partial charge in [0.15, 0.2) is 0 Å². The van der Waals surface area contributed by atoms with E-state index in [9.17, 15) is 0 Å². The standard InChI is InChI=1S/C5H12NO3P/c7-10(8)9-6-4-2-1-3-5-6/h7-8H,1-5H2. The summed E-state index contributed by atoms with van der Waals surface area (Å²) in [7, 11) is -2.20. The maximum Gasteiger partial charge on any atom is 0.345 e. The van der Waals surface area contributed by atoms with E-state index in [4.69, 9.17) is 14.4 Å². The maximum absolute atomic E-state index is 8.46. The molecule has 0 atom stereocenters. The van der Waals surface area contributed by atoms with E-state index in [1.54, 1.807) is 5.06 Å². The molecule has 0 aliphatic carbocycles. The predicted octanol–water partition coefficient (Wildman–Crippen LogP) is 0.615. The molecule has 0 aromatic heterocycles. The van der Waals surface area contributed by atoms with Crippen molar-refractivity contribution in [3.8, 4) is 0 Å². The third-order valence-corrected chi connectivity index (χ3v) is 1.88. The molecule has 0 spiro atoms. The molecule has 0 unspecified atom stereocenters. The predicted molar refractivity (Wildman–Crippen MR) is 37.9 cm³/mol. The summed E-state index contributed by atoms with van der Waals surface area (Å²) >= 11 is 0. The van der Waals surface area contributed by atoms with Gasteiger partial charge in [-0.25, -0.2) is 4.62 Å². The van der Waals surface area contributed by atoms with E-state index in [1.165, 1.54) is 6.42 Å². The van der Waals surface area contributed by atoms with Gasteiger partial charge in [-0.05, 0) is 12.8 Å². The van der Waals surface area contributed by atoms with Crippen molar-refractivity contribution in [2.75, 3.05) is 13.1 Å². The topological polar surface area (TPSA) is 52.9 Å². The van der Waals surface area contributed by atoms with Crippen molar-refractivity contribution in [1.82, 2.24) is 5.06 Å². The molecule has 2 N–H and O–H groups in total. The van der Waals surface area contributed by atoms with Crippen LogP contribution in [0.4, 0.5) is 0 Å². The molecule has 0 aromatic rings. The molecule has 10 heavy (non-hydrogen) atoms. The van der Waals surface area contributed by atoms with Gasteiger partial charge in [0.1, 0.15) is 0 Å². The molecule has 0 amide bonds. The number of rotatable bonds is 2. The number of hydrogen-bond donors (Lipinski definition) is 2. The van der Waals surface area contributed by atoms with Crippen LogP contribution in [-0.2, 0) is 4.62 Å². The minimum Gasteiger partial charge on any atom is -0.327 e. The second-order valence-corrected chi connectivity index (χ2v) is 2.99. The lowest BCUT2D eigenvalue weighted by Crippen LogP contribution is -2.28. The average Bonchev–Trinajstić information content (AvgIpc) is 1.88. The van der Waals surface area contributed by atoms with Crippen molar-refractivity contribution >= 4 is 8.60 Å². The zero-order chi connectivity index (χ0) is 7.40. The fraction of sp³-hybridized carbons (Fsp3) is 1.00. The van der Waals surface area contributed by atoms with Crippen LogP contribution in [0.3, 0.4) is 0 Å². The number of hydroxylamine groups is 2. The molecule has 5 heteroatoms. The molecule has 1 saturated heterocycles. The van der Waals surface area contributed by atoms with Gasteiger partial charge >= 0.3 is 8.60 Å². The zero-order valence-electron chi connectivity index (χ0n) is 5.73. The van der Waals surface area contributed by atoms with Gasteiger partial charge in [-0.2, -0.15) is 5.06 Å². The summed E-state index contributed by atoms with van der Waals surface area (Å²) in [6, 6.07) is 0. The van der Waals surface area contributed by atoms with Crippen LogP contribution in [0, 0.1) is 0 Å². The Kier molecular flexibility index (Phi) is 3.52. The Hall–Kier alpha value is 0.270. The van der Waals surface area contributed by atoms with Crippen molar-refractivity contribution in [2.24, 2.45) is 0 Å². The van der Waals surface area contributed by atoms with Gasteiger partial charge in [-0.1, -0.05) is 6.42 Å². The third-order valence-electron chi connectivity index (χ3n) is 1.50. The fourth-order valence-electron chi connectivity index (χ4n) is 1.05. The largest absolute Gasteiger partial charge is 0.345 e. The highest BCUT2D eigenvalue weighted by molar-refractivity contribution is 7.39. The summed E-state index contributed by atoms with van der Waals surface area (Å²) in [5, 5.41) is 1.62. The second-order valence-electron chi connectivity index (χ2n) is 2.32. The summed E-state index contributed by atoms with van der Waals surface area (Å²) in [4.78, 5) is 16.9. The van der Waals surface area contributed by atoms with E-state index in [0.29, 0.717) is 0 Å². The summed E-state index contributed by atoms with van der Waals surface area (Å²) in [5.41, 5.74) is 0. The van der Waals surface area contributed by atoms with E-state index < -0.39 is 8.60 Å². The Morgan fingerprint density at radius 3 is 2.20 bits per heavy atom. The van der Waals surface area contributed by atoms with Crippen molar-refractivity contribution in [3.05, 3.63) is 0 Å². The van der Waals surface area contributed by atoms with Gasteiger partial charge < -0.3 is 9.79 Å². The molecule has 0 saturated carbocycles. The Labute approximate surface area is 61.4 Å². The first kappa shape index (κ1) is 8.37. The molecular weight excluding hydrogens is 153 g/mol. The average molecular weight is 165 g/mol. The quantitative estimate of drug-likeness (QED) is 0.589. The Morgan fingerprint density at radius 2 is 1.70 bits per heavy atom. The van der Waals surface area contributed by atoms with Crippen molar-refractivity contribution in [1.29, 1.82) is 0 Å². The minimum absolute atomic E-state index is 0.819. The van der Waals surface area contributed by atoms with Gasteiger partial charge in [0.2, 0.25) is 0 Å². The summed E-state index contributed by atoms with van der Waals surface area (Å²) in [5.74, 6) is 0. The van der Waals surface area contributed by atoms with E-state index >= 15 is 0 Å². The molecule has 60 valence electrons. The Bertz CT molecular complexity index is 94.9. The fourth-order valence-corrected chi connectivity index (χ4v) is 1.42. The first-order valence-electron chi connectivity index (χ1n) is 3.40. The molecule has 1 heterocycles. The zero-order valence-corrected chi connectivity index (χ0v) is 6.63. The number of nitrogens with zero attached hydrogens (tertiary/aromatic N) is 1. The maximum atomic E-state index is 8.46. The van der Waals surface area contributed by atoms with Crippen LogP contribution in [-0.4, -0.2) is 27.9 Å². The monoisotopic (exact) mass is 165 g/mol. The normalized spacial score (nSPS) is 21.9. The molecule has 1 aliphatic rings. The van der Waals surface area contributed by atoms with Gasteiger partial charge in [0, 0.05) is 13.1 Å². The van der Waals surface area contributed by atoms with Gasteiger partial charge in [-0.3, -0.25) is 0 Å². The molecule has 0 radical (unpaired) electrons. The van der Waals surface area contributed by atoms with Crippen molar-refractivity contribution in [3.63, 3.8) is 0 Å². The van der Waals surface area contributed by atoms with Crippen LogP contribution in [0.2, 0.25) is 0 Å². The van der Waals surface area contributed by atoms with Gasteiger partial charge in [0.05, 0.1) is 0 Å². The van der Waals surface area contributed by atoms with Crippen LogP contribution >= 0.6 is 8.60 Å². The second kappa shape index (κ2) is 4.21. The molecule has 0 bridgehead atoms. The Morgan fingerprint density at radius 1 is 1.10 bits per heavy atom. The number of hydrogen-bond acceptors (Lipinski definition) is 4. The molecular formula is C5H12NO3P. The molecule has 0 aromatic carbocycles. The van der Waals surface area contributed by atoms with Crippen molar-refractivity contribution < 1.29 is 14.4 Å². The highest BCUT2D eigenvalue weighted by Gasteiger charge is 2.13. The lowest BCUT2D eigenvalue weighted by molar-refractivity contribution is -0.0803. The van der Waals surface area contributed by atoms with Crippen LogP contribution < -0.4 is 0 Å². The van der Waals surface area contributed by atoms with E-state index in [0.717, 1.165) is 25.9 Å². The van der Waals surface area contributed by atoms with E-state index in [-0.39, 0.29) is 0 Å². The lowest BCUT2D eigenvalue weighted by Gasteiger charge is -2.24. The summed E-state index contributed by atoms with van der Waals surface area (Å²) in [6.45, 7) is 1.64. The number of piperidine rings is 1. The molecule has 1 fully saturated rings. The highest BCUT2D eigenvalue weighted by atomic mass is 31.2. The van der Waals surface area contributed by atoms with Gasteiger partial charge in [0.25, 0.3) is 0 Å². The van der Waals surface area contributed by atoms with Gasteiger partial charge in [-0.15, -0.1) is 0 Å². The smallest absolute Gasteiger partial charge is 0.327 e. The van der Waals surface area contributed by atoms with Crippen LogP contribution in [0.1, 0.15) is 19.3 Å². The molecule has 4 nitrogen and oxygen atoms in total. The SMILES string of the molecule is OP(O)ON1CCCCC1. The molecule has 1 rings (SSSR count). The Balaban J connectivity index is 2.13. The third kappa shape index (κ3) is 2.90. The van der Waals surface area contributed by atoms with Crippen LogP contribution in [0.5, 0.6) is 0 Å². The van der Waals surface area contributed by atoms with Crippen molar-refractivity contribution in [2.45, 2.75) is 19.3 Å².